The number of nitrogens with zero attached hydrogens (tertiary/aromatic N) is 2. The molecule has 2 aromatic carbocycles. The van der Waals surface area contributed by atoms with Crippen LogP contribution in [0.15, 0.2) is 64.2 Å². The molecule has 1 aliphatic rings. The van der Waals surface area contributed by atoms with Crippen LogP contribution in [0, 0.1) is 0 Å². The number of anilines is 1. The summed E-state index contributed by atoms with van der Waals surface area (Å²) in [5.41, 5.74) is 5.61. The van der Waals surface area contributed by atoms with Crippen LogP contribution in [0.25, 0.3) is 0 Å². The van der Waals surface area contributed by atoms with Gasteiger partial charge in [0.1, 0.15) is 4.90 Å². The Morgan fingerprint density at radius 1 is 1.24 bits per heavy atom. The normalized spacial score (nSPS) is 17.0. The molecule has 0 saturated heterocycles. The summed E-state index contributed by atoms with van der Waals surface area (Å²) in [7, 11) is -2.06. The van der Waals surface area contributed by atoms with E-state index in [1.54, 1.807) is 0 Å². The van der Waals surface area contributed by atoms with Crippen molar-refractivity contribution in [3.8, 4) is 0 Å². The van der Waals surface area contributed by atoms with Gasteiger partial charge in [-0.3, -0.25) is 4.79 Å². The number of para-hydroxylation sites is 1. The number of likely N-dealkylation sites (N-methyl/N-ethyl adjacent to an activating group) is 1. The summed E-state index contributed by atoms with van der Waals surface area (Å²) in [4.78, 5) is 14.0. The average molecular weight is 433 g/mol. The molecule has 3 rings (SSSR count). The Kier molecular flexibility index (Phi) is 5.53. The lowest BCUT2D eigenvalue weighted by Gasteiger charge is -2.23. The molecule has 1 heterocycles. The number of primary sulfonamides is 1. The van der Waals surface area contributed by atoms with Crippen molar-refractivity contribution in [2.24, 2.45) is 10.2 Å². The number of halogens is 1. The van der Waals surface area contributed by atoms with Gasteiger partial charge in [0, 0.05) is 35.6 Å². The minimum absolute atomic E-state index is 0.0525. The molecule has 0 atom stereocenters. The predicted molar refractivity (Wildman–Crippen MR) is 115 cm³/mol. The second-order valence-corrected chi connectivity index (χ2v) is 9.10. The van der Waals surface area contributed by atoms with Gasteiger partial charge in [-0.1, -0.05) is 43.6 Å². The van der Waals surface area contributed by atoms with Gasteiger partial charge < -0.3 is 4.90 Å². The summed E-state index contributed by atoms with van der Waals surface area (Å²) >= 11 is 5.83. The molecule has 0 saturated carbocycles. The highest BCUT2D eigenvalue weighted by Gasteiger charge is 2.37. The van der Waals surface area contributed by atoms with Gasteiger partial charge in [0.05, 0.1) is 5.02 Å². The van der Waals surface area contributed by atoms with Crippen LogP contribution in [-0.4, -0.2) is 27.6 Å². The first kappa shape index (κ1) is 21.0. The van der Waals surface area contributed by atoms with E-state index < -0.39 is 15.9 Å². The van der Waals surface area contributed by atoms with Crippen LogP contribution in [0.3, 0.4) is 0 Å². The number of carbonyl (C=O) groups is 1. The van der Waals surface area contributed by atoms with Gasteiger partial charge in [-0.05, 0) is 35.9 Å². The number of nitrogens with one attached hydrogen (secondary N) is 1. The molecule has 0 spiro atoms. The summed E-state index contributed by atoms with van der Waals surface area (Å²) in [6, 6.07) is 12.0. The Morgan fingerprint density at radius 2 is 1.93 bits per heavy atom. The second kappa shape index (κ2) is 7.62. The van der Waals surface area contributed by atoms with E-state index in [1.165, 1.54) is 23.9 Å². The molecule has 0 unspecified atom stereocenters. The van der Waals surface area contributed by atoms with Gasteiger partial charge in [-0.2, -0.15) is 5.10 Å². The van der Waals surface area contributed by atoms with Gasteiger partial charge in [0.15, 0.2) is 0 Å². The number of fused-ring (bicyclic) bond motifs is 1. The van der Waals surface area contributed by atoms with Gasteiger partial charge in [0.2, 0.25) is 10.0 Å². The summed E-state index contributed by atoms with van der Waals surface area (Å²) < 4.78 is 23.1. The summed E-state index contributed by atoms with van der Waals surface area (Å²) in [5.74, 6) is -0.580. The minimum Gasteiger partial charge on any atom is -0.347 e. The lowest BCUT2D eigenvalue weighted by molar-refractivity contribution is 0.0955. The van der Waals surface area contributed by atoms with Crippen molar-refractivity contribution in [3.05, 3.63) is 70.4 Å². The monoisotopic (exact) mass is 432 g/mol. The standard InChI is InChI=1S/C20H21ClN4O3S/c1-20(2)14-6-4-5-7-16(14)25(3)18(20)10-11-23-24-19(26)13-8-9-15(21)17(12-13)29(22,27)28/h4-12H,1-3H3,(H,24,26)(H2,22,27,28)/b18-10-,23-11+. The Labute approximate surface area is 174 Å². The SMILES string of the molecule is CN1/C(=C\C=N\NC(=O)c2ccc(Cl)c(S(N)(=O)=O)c2)C(C)(C)c2ccccc21. The van der Waals surface area contributed by atoms with Crippen LogP contribution in [0.1, 0.15) is 29.8 Å². The van der Waals surface area contributed by atoms with Crippen LogP contribution >= 0.6 is 11.6 Å². The van der Waals surface area contributed by atoms with Gasteiger partial charge in [-0.15, -0.1) is 0 Å². The molecule has 0 fully saturated rings. The first-order chi connectivity index (χ1) is 13.5. The van der Waals surface area contributed by atoms with Crippen LogP contribution in [0.5, 0.6) is 0 Å². The Bertz CT molecular complexity index is 1140. The van der Waals surface area contributed by atoms with Crippen molar-refractivity contribution in [2.45, 2.75) is 24.2 Å². The molecule has 2 aromatic rings. The topological polar surface area (TPSA) is 105 Å². The maximum atomic E-state index is 12.3. The van der Waals surface area contributed by atoms with Crippen molar-refractivity contribution < 1.29 is 13.2 Å². The lowest BCUT2D eigenvalue weighted by atomic mass is 9.84. The highest BCUT2D eigenvalue weighted by Crippen LogP contribution is 2.46. The van der Waals surface area contributed by atoms with E-state index in [1.807, 2.05) is 25.3 Å². The van der Waals surface area contributed by atoms with E-state index in [-0.39, 0.29) is 20.9 Å². The number of hydrazone groups is 1. The smallest absolute Gasteiger partial charge is 0.271 e. The first-order valence-corrected chi connectivity index (χ1v) is 10.7. The summed E-state index contributed by atoms with van der Waals surface area (Å²) in [6.07, 6.45) is 3.33. The number of nitrogens with two attached hydrogens (primary N) is 1. The van der Waals surface area contributed by atoms with Crippen LogP contribution in [-0.2, 0) is 15.4 Å². The number of allylic oxidation sites excluding steroid dienone is 2. The number of hydrogen-bond donors (Lipinski definition) is 2. The quantitative estimate of drug-likeness (QED) is 0.572. The molecule has 152 valence electrons. The molecular weight excluding hydrogens is 412 g/mol. The third kappa shape index (κ3) is 4.05. The molecule has 0 aliphatic carbocycles. The molecular formula is C20H21ClN4O3S. The molecule has 0 bridgehead atoms. The van der Waals surface area contributed by atoms with E-state index in [2.05, 4.69) is 41.4 Å². The fraction of sp³-hybridized carbons (Fsp3) is 0.200. The number of carbonyl (C=O) groups excluding carboxylic acids is 1. The number of rotatable bonds is 4. The van der Waals surface area contributed by atoms with Gasteiger partial charge in [-0.25, -0.2) is 19.0 Å². The van der Waals surface area contributed by atoms with Crippen LogP contribution in [0.4, 0.5) is 5.69 Å². The number of hydrogen-bond acceptors (Lipinski definition) is 5. The minimum atomic E-state index is -4.04. The largest absolute Gasteiger partial charge is 0.347 e. The zero-order valence-electron chi connectivity index (χ0n) is 16.2. The third-order valence-corrected chi connectivity index (χ3v) is 6.31. The number of amides is 1. The van der Waals surface area contributed by atoms with E-state index >= 15 is 0 Å². The highest BCUT2D eigenvalue weighted by molar-refractivity contribution is 7.89. The molecule has 9 heteroatoms. The van der Waals surface area contributed by atoms with Crippen molar-refractivity contribution in [1.82, 2.24) is 5.43 Å². The maximum Gasteiger partial charge on any atom is 0.271 e. The van der Waals surface area contributed by atoms with Crippen LogP contribution in [0.2, 0.25) is 5.02 Å². The van der Waals surface area contributed by atoms with Gasteiger partial charge in [0.25, 0.3) is 5.91 Å². The molecule has 1 aliphatic heterocycles. The number of sulfonamides is 1. The van der Waals surface area contributed by atoms with Crippen molar-refractivity contribution >= 4 is 39.4 Å². The van der Waals surface area contributed by atoms with E-state index in [4.69, 9.17) is 16.7 Å². The Balaban J connectivity index is 1.77. The Morgan fingerprint density at radius 3 is 2.59 bits per heavy atom. The van der Waals surface area contributed by atoms with Crippen molar-refractivity contribution in [2.75, 3.05) is 11.9 Å². The van der Waals surface area contributed by atoms with Crippen LogP contribution < -0.4 is 15.5 Å². The molecule has 1 amide bonds. The van der Waals surface area contributed by atoms with Crippen molar-refractivity contribution in [3.63, 3.8) is 0 Å². The first-order valence-electron chi connectivity index (χ1n) is 8.73. The number of benzene rings is 2. The second-order valence-electron chi connectivity index (χ2n) is 7.16. The van der Waals surface area contributed by atoms with Gasteiger partial charge >= 0.3 is 0 Å². The molecule has 3 N–H and O–H groups in total. The zero-order chi connectivity index (χ0) is 21.4. The maximum absolute atomic E-state index is 12.3. The fourth-order valence-electron chi connectivity index (χ4n) is 3.43. The summed E-state index contributed by atoms with van der Waals surface area (Å²) in [6.45, 7) is 4.24. The van der Waals surface area contributed by atoms with E-state index in [9.17, 15) is 13.2 Å². The average Bonchev–Trinajstić information content (AvgIpc) is 2.85. The third-order valence-electron chi connectivity index (χ3n) is 4.91. The van der Waals surface area contributed by atoms with Crippen molar-refractivity contribution in [1.29, 1.82) is 0 Å². The molecule has 0 aromatic heterocycles. The zero-order valence-corrected chi connectivity index (χ0v) is 17.8. The highest BCUT2D eigenvalue weighted by atomic mass is 35.5. The lowest BCUT2D eigenvalue weighted by Crippen LogP contribution is -2.23. The van der Waals surface area contributed by atoms with E-state index in [0.29, 0.717) is 0 Å². The predicted octanol–water partition coefficient (Wildman–Crippen LogP) is 3.01. The summed E-state index contributed by atoms with van der Waals surface area (Å²) in [5, 5.41) is 9.00. The Hall–Kier alpha value is -2.68. The van der Waals surface area contributed by atoms with E-state index in [0.717, 1.165) is 17.5 Å². The fourth-order valence-corrected chi connectivity index (χ4v) is 4.50. The molecule has 0 radical (unpaired) electrons. The molecule has 29 heavy (non-hydrogen) atoms. The molecule has 7 nitrogen and oxygen atoms in total.